The van der Waals surface area contributed by atoms with Crippen LogP contribution < -0.4 is 0 Å². The number of aliphatic hydroxyl groups excluding tert-OH is 1. The summed E-state index contributed by atoms with van der Waals surface area (Å²) < 4.78 is 0. The highest BCUT2D eigenvalue weighted by Crippen LogP contribution is 2.18. The molecule has 70 valence electrons. The molecule has 0 radical (unpaired) electrons. The summed E-state index contributed by atoms with van der Waals surface area (Å²) in [4.78, 5) is 0. The minimum absolute atomic E-state index is 0.219. The Balaban J connectivity index is 2.68. The molecular formula is C11H13ClO. The Morgan fingerprint density at radius 1 is 1.54 bits per heavy atom. The number of aryl methyl sites for hydroxylation is 2. The SMILES string of the molecule is C=C(O)CCc1ccc(C)c(Cl)c1. The molecular weight excluding hydrogens is 184 g/mol. The Hall–Kier alpha value is -0.950. The number of hydrogen-bond donors (Lipinski definition) is 1. The van der Waals surface area contributed by atoms with Gasteiger partial charge in [0.2, 0.25) is 0 Å². The average molecular weight is 197 g/mol. The van der Waals surface area contributed by atoms with E-state index in [4.69, 9.17) is 16.7 Å². The Morgan fingerprint density at radius 3 is 2.77 bits per heavy atom. The topological polar surface area (TPSA) is 20.2 Å². The van der Waals surface area contributed by atoms with Gasteiger partial charge in [-0.15, -0.1) is 0 Å². The summed E-state index contributed by atoms with van der Waals surface area (Å²) in [6, 6.07) is 5.93. The van der Waals surface area contributed by atoms with Gasteiger partial charge in [-0.1, -0.05) is 30.3 Å². The summed E-state index contributed by atoms with van der Waals surface area (Å²) >= 11 is 5.94. The first-order valence-corrected chi connectivity index (χ1v) is 4.59. The van der Waals surface area contributed by atoms with Gasteiger partial charge in [0.15, 0.2) is 0 Å². The normalized spacial score (nSPS) is 10.0. The Labute approximate surface area is 83.7 Å². The standard InChI is InChI=1S/C11H13ClO/c1-8-3-5-10(7-11(8)12)6-4-9(2)13/h3,5,7,13H,2,4,6H2,1H3. The van der Waals surface area contributed by atoms with Crippen LogP contribution in [0.2, 0.25) is 5.02 Å². The highest BCUT2D eigenvalue weighted by Gasteiger charge is 1.98. The third-order valence-electron chi connectivity index (χ3n) is 1.94. The van der Waals surface area contributed by atoms with E-state index in [-0.39, 0.29) is 5.76 Å². The lowest BCUT2D eigenvalue weighted by Gasteiger charge is -2.03. The van der Waals surface area contributed by atoms with E-state index in [9.17, 15) is 0 Å². The largest absolute Gasteiger partial charge is 0.513 e. The molecule has 0 aliphatic rings. The van der Waals surface area contributed by atoms with E-state index in [1.807, 2.05) is 25.1 Å². The van der Waals surface area contributed by atoms with Gasteiger partial charge in [-0.05, 0) is 30.5 Å². The molecule has 13 heavy (non-hydrogen) atoms. The molecule has 0 amide bonds. The van der Waals surface area contributed by atoms with Crippen LogP contribution in [0.15, 0.2) is 30.5 Å². The molecule has 0 spiro atoms. The zero-order valence-corrected chi connectivity index (χ0v) is 8.43. The van der Waals surface area contributed by atoms with Crippen LogP contribution in [0, 0.1) is 6.92 Å². The van der Waals surface area contributed by atoms with Gasteiger partial charge >= 0.3 is 0 Å². The first-order valence-electron chi connectivity index (χ1n) is 4.21. The lowest BCUT2D eigenvalue weighted by molar-refractivity contribution is 0.391. The van der Waals surface area contributed by atoms with Crippen molar-refractivity contribution in [2.75, 3.05) is 0 Å². The molecule has 0 fully saturated rings. The quantitative estimate of drug-likeness (QED) is 0.732. The van der Waals surface area contributed by atoms with Crippen molar-refractivity contribution in [3.63, 3.8) is 0 Å². The first-order chi connectivity index (χ1) is 6.09. The van der Waals surface area contributed by atoms with Crippen LogP contribution in [0.1, 0.15) is 17.5 Å². The highest BCUT2D eigenvalue weighted by atomic mass is 35.5. The van der Waals surface area contributed by atoms with E-state index >= 15 is 0 Å². The summed E-state index contributed by atoms with van der Waals surface area (Å²) in [5, 5.41) is 9.69. The van der Waals surface area contributed by atoms with Crippen LogP contribution in [-0.4, -0.2) is 5.11 Å². The van der Waals surface area contributed by atoms with Crippen molar-refractivity contribution in [3.8, 4) is 0 Å². The summed E-state index contributed by atoms with van der Waals surface area (Å²) in [5.74, 6) is 0.219. The molecule has 1 aromatic carbocycles. The minimum atomic E-state index is 0.219. The predicted molar refractivity (Wildman–Crippen MR) is 56.3 cm³/mol. The van der Waals surface area contributed by atoms with Crippen molar-refractivity contribution in [1.29, 1.82) is 0 Å². The van der Waals surface area contributed by atoms with Gasteiger partial charge < -0.3 is 5.11 Å². The smallest absolute Gasteiger partial charge is 0.0854 e. The Kier molecular flexibility index (Phi) is 3.38. The maximum absolute atomic E-state index is 8.91. The van der Waals surface area contributed by atoms with Gasteiger partial charge in [-0.25, -0.2) is 0 Å². The van der Waals surface area contributed by atoms with Crippen molar-refractivity contribution >= 4 is 11.6 Å². The maximum atomic E-state index is 8.91. The van der Waals surface area contributed by atoms with Gasteiger partial charge in [-0.2, -0.15) is 0 Å². The van der Waals surface area contributed by atoms with E-state index in [1.54, 1.807) is 0 Å². The number of benzene rings is 1. The van der Waals surface area contributed by atoms with Crippen LogP contribution in [0.3, 0.4) is 0 Å². The number of aliphatic hydroxyl groups is 1. The molecule has 1 N–H and O–H groups in total. The monoisotopic (exact) mass is 196 g/mol. The second-order valence-corrected chi connectivity index (χ2v) is 3.56. The molecule has 0 unspecified atom stereocenters. The van der Waals surface area contributed by atoms with Crippen LogP contribution in [0.25, 0.3) is 0 Å². The molecule has 0 atom stereocenters. The van der Waals surface area contributed by atoms with E-state index in [2.05, 4.69) is 6.58 Å². The second-order valence-electron chi connectivity index (χ2n) is 3.15. The fraction of sp³-hybridized carbons (Fsp3) is 0.273. The average Bonchev–Trinajstić information content (AvgIpc) is 2.07. The lowest BCUT2D eigenvalue weighted by Crippen LogP contribution is -1.88. The Morgan fingerprint density at radius 2 is 2.23 bits per heavy atom. The van der Waals surface area contributed by atoms with Crippen molar-refractivity contribution in [2.45, 2.75) is 19.8 Å². The number of hydrogen-bond acceptors (Lipinski definition) is 1. The molecule has 2 heteroatoms. The van der Waals surface area contributed by atoms with E-state index in [0.717, 1.165) is 22.6 Å². The van der Waals surface area contributed by atoms with Crippen LogP contribution >= 0.6 is 11.6 Å². The third kappa shape index (κ3) is 3.11. The van der Waals surface area contributed by atoms with Gasteiger partial charge in [-0.3, -0.25) is 0 Å². The van der Waals surface area contributed by atoms with Crippen LogP contribution in [0.5, 0.6) is 0 Å². The third-order valence-corrected chi connectivity index (χ3v) is 2.35. The molecule has 0 heterocycles. The van der Waals surface area contributed by atoms with Gasteiger partial charge in [0.25, 0.3) is 0 Å². The van der Waals surface area contributed by atoms with Crippen LogP contribution in [0.4, 0.5) is 0 Å². The molecule has 0 bridgehead atoms. The van der Waals surface area contributed by atoms with Crippen molar-refractivity contribution in [2.24, 2.45) is 0 Å². The summed E-state index contributed by atoms with van der Waals surface area (Å²) in [5.41, 5.74) is 2.21. The maximum Gasteiger partial charge on any atom is 0.0854 e. The fourth-order valence-electron chi connectivity index (χ4n) is 1.08. The van der Waals surface area contributed by atoms with Gasteiger partial charge in [0, 0.05) is 11.4 Å². The van der Waals surface area contributed by atoms with E-state index < -0.39 is 0 Å². The van der Waals surface area contributed by atoms with Gasteiger partial charge in [0.1, 0.15) is 0 Å². The molecule has 0 saturated carbocycles. The van der Waals surface area contributed by atoms with Crippen molar-refractivity contribution < 1.29 is 5.11 Å². The molecule has 0 aromatic heterocycles. The summed E-state index contributed by atoms with van der Waals surface area (Å²) in [7, 11) is 0. The van der Waals surface area contributed by atoms with Gasteiger partial charge in [0.05, 0.1) is 5.76 Å². The fourth-order valence-corrected chi connectivity index (χ4v) is 1.28. The zero-order valence-electron chi connectivity index (χ0n) is 7.68. The summed E-state index contributed by atoms with van der Waals surface area (Å²) in [6.45, 7) is 5.40. The first kappa shape index (κ1) is 10.1. The molecule has 1 aromatic rings. The van der Waals surface area contributed by atoms with Crippen molar-refractivity contribution in [3.05, 3.63) is 46.7 Å². The molecule has 0 aliphatic heterocycles. The number of halogens is 1. The predicted octanol–water partition coefficient (Wildman–Crippen LogP) is 3.65. The highest BCUT2D eigenvalue weighted by molar-refractivity contribution is 6.31. The minimum Gasteiger partial charge on any atom is -0.513 e. The number of rotatable bonds is 3. The molecule has 0 saturated heterocycles. The molecule has 1 nitrogen and oxygen atoms in total. The second kappa shape index (κ2) is 4.33. The summed E-state index contributed by atoms with van der Waals surface area (Å²) in [6.07, 6.45) is 1.38. The van der Waals surface area contributed by atoms with E-state index in [1.165, 1.54) is 0 Å². The number of allylic oxidation sites excluding steroid dienone is 1. The lowest BCUT2D eigenvalue weighted by atomic mass is 10.1. The Bertz CT molecular complexity index is 318. The molecule has 1 rings (SSSR count). The molecule has 0 aliphatic carbocycles. The zero-order chi connectivity index (χ0) is 9.84. The van der Waals surface area contributed by atoms with E-state index in [0.29, 0.717) is 6.42 Å². The van der Waals surface area contributed by atoms with Crippen molar-refractivity contribution in [1.82, 2.24) is 0 Å². The van der Waals surface area contributed by atoms with Crippen LogP contribution in [-0.2, 0) is 6.42 Å².